The van der Waals surface area contributed by atoms with E-state index in [1.54, 1.807) is 0 Å². The molecule has 2 fully saturated rings. The Hall–Kier alpha value is -1.18. The van der Waals surface area contributed by atoms with Crippen molar-refractivity contribution in [2.24, 2.45) is 10.8 Å². The molecule has 2 saturated carbocycles. The normalized spacial score (nSPS) is 38.2. The van der Waals surface area contributed by atoms with Crippen LogP contribution in [0.15, 0.2) is 25.3 Å². The number of ketones is 2. The number of hydrogen-bond acceptors (Lipinski definition) is 2. The second-order valence-corrected chi connectivity index (χ2v) is 5.07. The summed E-state index contributed by atoms with van der Waals surface area (Å²) in [6.45, 7) is 7.63. The molecule has 86 valence electrons. The van der Waals surface area contributed by atoms with E-state index in [0.29, 0.717) is 37.9 Å². The molecule has 0 aromatic rings. The quantitative estimate of drug-likeness (QED) is 0.683. The van der Waals surface area contributed by atoms with Gasteiger partial charge in [-0.2, -0.15) is 0 Å². The van der Waals surface area contributed by atoms with Gasteiger partial charge in [-0.25, -0.2) is 0 Å². The highest BCUT2D eigenvalue weighted by Crippen LogP contribution is 2.60. The van der Waals surface area contributed by atoms with Crippen LogP contribution in [0.25, 0.3) is 0 Å². The van der Waals surface area contributed by atoms with Crippen LogP contribution in [0.1, 0.15) is 38.5 Å². The van der Waals surface area contributed by atoms with Gasteiger partial charge in [-0.15, -0.1) is 13.2 Å². The molecule has 2 aliphatic carbocycles. The van der Waals surface area contributed by atoms with Crippen molar-refractivity contribution in [3.05, 3.63) is 25.3 Å². The summed E-state index contributed by atoms with van der Waals surface area (Å²) in [5, 5.41) is 0. The molecule has 2 heteroatoms. The van der Waals surface area contributed by atoms with E-state index in [-0.39, 0.29) is 16.6 Å². The number of Topliss-reactive ketones (excluding diaryl/α,β-unsaturated/α-hetero) is 2. The molecule has 0 unspecified atom stereocenters. The van der Waals surface area contributed by atoms with Crippen molar-refractivity contribution in [2.75, 3.05) is 0 Å². The van der Waals surface area contributed by atoms with Crippen LogP contribution >= 0.6 is 0 Å². The average Bonchev–Trinajstić information content (AvgIpc) is 2.55. The molecule has 0 spiro atoms. The van der Waals surface area contributed by atoms with Crippen LogP contribution in [0.2, 0.25) is 0 Å². The maximum Gasteiger partial charge on any atom is 0.140 e. The Morgan fingerprint density at radius 3 is 2.56 bits per heavy atom. The fraction of sp³-hybridized carbons (Fsp3) is 0.571. The van der Waals surface area contributed by atoms with E-state index >= 15 is 0 Å². The van der Waals surface area contributed by atoms with Crippen molar-refractivity contribution in [1.82, 2.24) is 0 Å². The van der Waals surface area contributed by atoms with Crippen molar-refractivity contribution in [3.63, 3.8) is 0 Å². The Morgan fingerprint density at radius 1 is 1.19 bits per heavy atom. The number of hydrogen-bond donors (Lipinski definition) is 0. The Bertz CT molecular complexity index is 369. The van der Waals surface area contributed by atoms with E-state index in [4.69, 9.17) is 0 Å². The minimum atomic E-state index is -0.371. The Balaban J connectivity index is 2.48. The monoisotopic (exact) mass is 218 g/mol. The second-order valence-electron chi connectivity index (χ2n) is 5.07. The smallest absolute Gasteiger partial charge is 0.140 e. The van der Waals surface area contributed by atoms with Gasteiger partial charge < -0.3 is 0 Å². The standard InChI is InChI=1S/C14H18O2/c1-3-7-14-9-5-11(15)10-13(14,4-2)8-6-12(14)16/h3-4H,1-2,5-10H2/t13-,14-/m1/s1. The van der Waals surface area contributed by atoms with Crippen LogP contribution in [0, 0.1) is 10.8 Å². The van der Waals surface area contributed by atoms with Crippen LogP contribution in [0.5, 0.6) is 0 Å². The molecule has 0 amide bonds. The topological polar surface area (TPSA) is 34.1 Å². The van der Waals surface area contributed by atoms with Crippen LogP contribution in [-0.4, -0.2) is 11.6 Å². The van der Waals surface area contributed by atoms with Gasteiger partial charge in [0.25, 0.3) is 0 Å². The van der Waals surface area contributed by atoms with Gasteiger partial charge >= 0.3 is 0 Å². The first kappa shape index (κ1) is 11.3. The molecule has 2 nitrogen and oxygen atoms in total. The van der Waals surface area contributed by atoms with Gasteiger partial charge in [-0.1, -0.05) is 12.2 Å². The molecule has 0 N–H and O–H groups in total. The first-order chi connectivity index (χ1) is 7.60. The highest BCUT2D eigenvalue weighted by atomic mass is 16.1. The van der Waals surface area contributed by atoms with Gasteiger partial charge in [-0.05, 0) is 19.3 Å². The Morgan fingerprint density at radius 2 is 1.94 bits per heavy atom. The predicted molar refractivity (Wildman–Crippen MR) is 63.0 cm³/mol. The van der Waals surface area contributed by atoms with Gasteiger partial charge in [0.05, 0.1) is 0 Å². The largest absolute Gasteiger partial charge is 0.300 e. The van der Waals surface area contributed by atoms with E-state index in [1.807, 2.05) is 12.2 Å². The third kappa shape index (κ3) is 1.25. The third-order valence-corrected chi connectivity index (χ3v) is 4.51. The van der Waals surface area contributed by atoms with Crippen molar-refractivity contribution in [3.8, 4) is 0 Å². The first-order valence-corrected chi connectivity index (χ1v) is 5.90. The molecule has 2 rings (SSSR count). The molecule has 0 aromatic heterocycles. The summed E-state index contributed by atoms with van der Waals surface area (Å²) >= 11 is 0. The lowest BCUT2D eigenvalue weighted by atomic mass is 9.56. The molecule has 0 heterocycles. The summed E-state index contributed by atoms with van der Waals surface area (Å²) in [5.74, 6) is 0.578. The van der Waals surface area contributed by atoms with E-state index < -0.39 is 0 Å². The minimum Gasteiger partial charge on any atom is -0.300 e. The van der Waals surface area contributed by atoms with Crippen molar-refractivity contribution < 1.29 is 9.59 Å². The lowest BCUT2D eigenvalue weighted by Crippen LogP contribution is -2.45. The molecular formula is C14H18O2. The van der Waals surface area contributed by atoms with Crippen LogP contribution in [0.3, 0.4) is 0 Å². The number of carbonyl (C=O) groups is 2. The summed E-state index contributed by atoms with van der Waals surface area (Å²) in [6.07, 6.45) is 7.46. The van der Waals surface area contributed by atoms with E-state index in [2.05, 4.69) is 13.2 Å². The van der Waals surface area contributed by atoms with Crippen molar-refractivity contribution >= 4 is 11.6 Å². The Kier molecular flexibility index (Phi) is 2.61. The molecular weight excluding hydrogens is 200 g/mol. The minimum absolute atomic E-state index is 0.272. The SMILES string of the molecule is C=CC[C@]12CCC(=O)C[C@@]1(C=C)CCC2=O. The Labute approximate surface area is 96.4 Å². The summed E-state index contributed by atoms with van der Waals surface area (Å²) in [5.41, 5.74) is -0.655. The number of fused-ring (bicyclic) bond motifs is 1. The predicted octanol–water partition coefficient (Wildman–Crippen LogP) is 2.84. The highest BCUT2D eigenvalue weighted by Gasteiger charge is 2.59. The molecule has 0 bridgehead atoms. The van der Waals surface area contributed by atoms with Crippen molar-refractivity contribution in [2.45, 2.75) is 38.5 Å². The highest BCUT2D eigenvalue weighted by molar-refractivity contribution is 5.93. The number of rotatable bonds is 3. The van der Waals surface area contributed by atoms with Gasteiger partial charge in [-0.3, -0.25) is 9.59 Å². The summed E-state index contributed by atoms with van der Waals surface area (Å²) in [6, 6.07) is 0. The zero-order valence-electron chi connectivity index (χ0n) is 9.63. The van der Waals surface area contributed by atoms with Crippen LogP contribution < -0.4 is 0 Å². The van der Waals surface area contributed by atoms with Gasteiger partial charge in [0.2, 0.25) is 0 Å². The zero-order chi connectivity index (χ0) is 11.8. The summed E-state index contributed by atoms with van der Waals surface area (Å²) < 4.78 is 0. The van der Waals surface area contributed by atoms with Gasteiger partial charge in [0, 0.05) is 30.1 Å². The van der Waals surface area contributed by atoms with E-state index in [0.717, 1.165) is 6.42 Å². The number of carbonyl (C=O) groups excluding carboxylic acids is 2. The summed E-state index contributed by atoms with van der Waals surface area (Å²) in [4.78, 5) is 23.8. The first-order valence-electron chi connectivity index (χ1n) is 5.90. The average molecular weight is 218 g/mol. The second kappa shape index (κ2) is 3.69. The van der Waals surface area contributed by atoms with Crippen LogP contribution in [-0.2, 0) is 9.59 Å². The molecule has 0 aliphatic heterocycles. The molecule has 2 atom stereocenters. The van der Waals surface area contributed by atoms with E-state index in [9.17, 15) is 9.59 Å². The maximum absolute atomic E-state index is 12.2. The fourth-order valence-corrected chi connectivity index (χ4v) is 3.57. The zero-order valence-corrected chi connectivity index (χ0v) is 9.63. The van der Waals surface area contributed by atoms with Gasteiger partial charge in [0.15, 0.2) is 0 Å². The van der Waals surface area contributed by atoms with Crippen LogP contribution in [0.4, 0.5) is 0 Å². The van der Waals surface area contributed by atoms with E-state index in [1.165, 1.54) is 0 Å². The fourth-order valence-electron chi connectivity index (χ4n) is 3.57. The molecule has 16 heavy (non-hydrogen) atoms. The third-order valence-electron chi connectivity index (χ3n) is 4.51. The molecule has 0 saturated heterocycles. The lowest BCUT2D eigenvalue weighted by molar-refractivity contribution is -0.136. The molecule has 0 aromatic carbocycles. The molecule has 0 radical (unpaired) electrons. The molecule has 2 aliphatic rings. The van der Waals surface area contributed by atoms with Crippen molar-refractivity contribution in [1.29, 1.82) is 0 Å². The number of allylic oxidation sites excluding steroid dienone is 2. The maximum atomic E-state index is 12.2. The van der Waals surface area contributed by atoms with Gasteiger partial charge in [0.1, 0.15) is 11.6 Å². The summed E-state index contributed by atoms with van der Waals surface area (Å²) in [7, 11) is 0. The lowest BCUT2D eigenvalue weighted by Gasteiger charge is -2.45.